The summed E-state index contributed by atoms with van der Waals surface area (Å²) in [6.45, 7) is 12.3. The molecule has 144 valence electrons. The summed E-state index contributed by atoms with van der Waals surface area (Å²) in [4.78, 5) is 0. The first-order chi connectivity index (χ1) is 11.5. The minimum atomic E-state index is -0.618. The monoisotopic (exact) mass is 350 g/mol. The van der Waals surface area contributed by atoms with Crippen molar-refractivity contribution >= 4 is 0 Å². The van der Waals surface area contributed by atoms with Crippen LogP contribution in [-0.2, 0) is 0 Å². The molecule has 0 aromatic rings. The van der Waals surface area contributed by atoms with Crippen LogP contribution in [0, 0.1) is 5.41 Å². The summed E-state index contributed by atoms with van der Waals surface area (Å²) in [6, 6.07) is 0. The number of unbranched alkanes of at least 4 members (excludes halogenated alkanes) is 1. The fourth-order valence-corrected chi connectivity index (χ4v) is 3.36. The lowest BCUT2D eigenvalue weighted by molar-refractivity contribution is 0.0643. The second-order valence-electron chi connectivity index (χ2n) is 8.98. The van der Waals surface area contributed by atoms with Gasteiger partial charge >= 0.3 is 0 Å². The highest BCUT2D eigenvalue weighted by Gasteiger charge is 2.24. The van der Waals surface area contributed by atoms with Gasteiger partial charge in [0.2, 0.25) is 0 Å². The van der Waals surface area contributed by atoms with Gasteiger partial charge in [-0.05, 0) is 68.9 Å². The van der Waals surface area contributed by atoms with E-state index in [0.29, 0.717) is 18.3 Å². The molecule has 3 heteroatoms. The Morgan fingerprint density at radius 1 is 1.08 bits per heavy atom. The van der Waals surface area contributed by atoms with Crippen LogP contribution < -0.4 is 0 Å². The fraction of sp³-hybridized carbons (Fsp3) is 0.727. The number of hydrogen-bond acceptors (Lipinski definition) is 3. The summed E-state index contributed by atoms with van der Waals surface area (Å²) in [5.41, 5.74) is 1.44. The van der Waals surface area contributed by atoms with Gasteiger partial charge in [-0.1, -0.05) is 45.1 Å². The third-order valence-electron chi connectivity index (χ3n) is 5.07. The molecule has 1 aliphatic carbocycles. The minimum Gasteiger partial charge on any atom is -0.393 e. The molecule has 1 fully saturated rings. The number of hydrogen-bond donors (Lipinski definition) is 3. The summed E-state index contributed by atoms with van der Waals surface area (Å²) in [5.74, 6) is 0. The van der Waals surface area contributed by atoms with E-state index in [-0.39, 0.29) is 0 Å². The molecule has 0 aromatic heterocycles. The van der Waals surface area contributed by atoms with E-state index < -0.39 is 17.8 Å². The summed E-state index contributed by atoms with van der Waals surface area (Å²) in [5, 5.41) is 29.4. The maximum absolute atomic E-state index is 9.83. The molecule has 25 heavy (non-hydrogen) atoms. The molecule has 3 nitrogen and oxygen atoms in total. The van der Waals surface area contributed by atoms with E-state index in [2.05, 4.69) is 26.5 Å². The zero-order valence-corrected chi connectivity index (χ0v) is 16.6. The van der Waals surface area contributed by atoms with E-state index in [1.807, 2.05) is 26.0 Å². The van der Waals surface area contributed by atoms with Crippen LogP contribution in [-0.4, -0.2) is 33.1 Å². The Labute approximate surface area is 154 Å². The fourth-order valence-electron chi connectivity index (χ4n) is 3.36. The van der Waals surface area contributed by atoms with Crippen LogP contribution in [0.15, 0.2) is 36.0 Å². The highest BCUT2D eigenvalue weighted by molar-refractivity contribution is 5.37. The number of aliphatic hydroxyl groups excluding tert-OH is 2. The van der Waals surface area contributed by atoms with Gasteiger partial charge in [-0.15, -0.1) is 0 Å². The third-order valence-corrected chi connectivity index (χ3v) is 5.07. The number of rotatable bonds is 9. The first-order valence-corrected chi connectivity index (χ1v) is 9.63. The van der Waals surface area contributed by atoms with Gasteiger partial charge in [-0.2, -0.15) is 0 Å². The lowest BCUT2D eigenvalue weighted by Gasteiger charge is -2.26. The smallest absolute Gasteiger partial charge is 0.0811 e. The van der Waals surface area contributed by atoms with Gasteiger partial charge in [0.15, 0.2) is 0 Å². The van der Waals surface area contributed by atoms with Crippen molar-refractivity contribution in [2.45, 2.75) is 96.9 Å². The SMILES string of the molecule is C=C1/C(=C\C=C\CCCC(C)(C)CCCC(C)(C)O)C[C@@H](O)C[C@@H]1O. The Balaban J connectivity index is 2.31. The first-order valence-electron chi connectivity index (χ1n) is 9.63. The predicted octanol–water partition coefficient (Wildman–Crippen LogP) is 4.68. The first kappa shape index (κ1) is 22.1. The molecule has 3 N–H and O–H groups in total. The predicted molar refractivity (Wildman–Crippen MR) is 105 cm³/mol. The highest BCUT2D eigenvalue weighted by atomic mass is 16.3. The van der Waals surface area contributed by atoms with Gasteiger partial charge in [0, 0.05) is 6.42 Å². The molecule has 1 aliphatic rings. The zero-order valence-electron chi connectivity index (χ0n) is 16.6. The van der Waals surface area contributed by atoms with Gasteiger partial charge in [0.25, 0.3) is 0 Å². The summed E-state index contributed by atoms with van der Waals surface area (Å²) in [7, 11) is 0. The molecule has 0 aliphatic heterocycles. The van der Waals surface area contributed by atoms with E-state index in [4.69, 9.17) is 0 Å². The van der Waals surface area contributed by atoms with E-state index >= 15 is 0 Å². The molecule has 0 bridgehead atoms. The molecule has 2 atom stereocenters. The van der Waals surface area contributed by atoms with Crippen molar-refractivity contribution < 1.29 is 15.3 Å². The van der Waals surface area contributed by atoms with Crippen LogP contribution in [0.1, 0.15) is 79.1 Å². The van der Waals surface area contributed by atoms with Gasteiger partial charge in [0.05, 0.1) is 17.8 Å². The molecule has 0 aromatic carbocycles. The van der Waals surface area contributed by atoms with Crippen molar-refractivity contribution in [2.75, 3.05) is 0 Å². The van der Waals surface area contributed by atoms with Gasteiger partial charge < -0.3 is 15.3 Å². The van der Waals surface area contributed by atoms with Crippen LogP contribution in [0.4, 0.5) is 0 Å². The standard InChI is InChI=1S/C22H38O3/c1-17-18(15-19(23)16-20(17)24)11-8-6-7-9-12-21(2,3)13-10-14-22(4,5)25/h6,8,11,19-20,23-25H,1,7,9-10,12-16H2,2-5H3/b8-6+,18-11-/t19-,20+/m1/s1. The lowest BCUT2D eigenvalue weighted by Crippen LogP contribution is -2.26. The average Bonchev–Trinajstić information content (AvgIpc) is 2.45. The van der Waals surface area contributed by atoms with E-state index in [9.17, 15) is 15.3 Å². The molecule has 0 radical (unpaired) electrons. The Hall–Kier alpha value is -0.900. The molecule has 0 unspecified atom stereocenters. The van der Waals surface area contributed by atoms with Crippen LogP contribution in [0.3, 0.4) is 0 Å². The molecular weight excluding hydrogens is 312 g/mol. The second-order valence-corrected chi connectivity index (χ2v) is 8.98. The quantitative estimate of drug-likeness (QED) is 0.529. The third kappa shape index (κ3) is 9.39. The Bertz CT molecular complexity index is 480. The van der Waals surface area contributed by atoms with Crippen molar-refractivity contribution in [3.63, 3.8) is 0 Å². The van der Waals surface area contributed by atoms with Crippen molar-refractivity contribution in [1.29, 1.82) is 0 Å². The summed E-state index contributed by atoms with van der Waals surface area (Å²) < 4.78 is 0. The normalized spacial score (nSPS) is 24.4. The molecule has 1 saturated carbocycles. The lowest BCUT2D eigenvalue weighted by atomic mass is 9.81. The average molecular weight is 351 g/mol. The molecular formula is C22H38O3. The zero-order chi connectivity index (χ0) is 19.1. The Kier molecular flexibility index (Phi) is 8.59. The summed E-state index contributed by atoms with van der Waals surface area (Å²) in [6.07, 6.45) is 12.4. The second kappa shape index (κ2) is 9.70. The molecule has 0 amide bonds. The van der Waals surface area contributed by atoms with E-state index in [1.54, 1.807) is 0 Å². The number of allylic oxidation sites excluding steroid dienone is 3. The molecule has 1 rings (SSSR count). The van der Waals surface area contributed by atoms with Crippen molar-refractivity contribution in [2.24, 2.45) is 5.41 Å². The van der Waals surface area contributed by atoms with Gasteiger partial charge in [0.1, 0.15) is 0 Å². The van der Waals surface area contributed by atoms with Crippen molar-refractivity contribution in [3.8, 4) is 0 Å². The van der Waals surface area contributed by atoms with Crippen LogP contribution in [0.25, 0.3) is 0 Å². The minimum absolute atomic E-state index is 0.309. The maximum Gasteiger partial charge on any atom is 0.0811 e. The van der Waals surface area contributed by atoms with Gasteiger partial charge in [-0.25, -0.2) is 0 Å². The van der Waals surface area contributed by atoms with Gasteiger partial charge in [-0.3, -0.25) is 0 Å². The topological polar surface area (TPSA) is 60.7 Å². The van der Waals surface area contributed by atoms with Crippen LogP contribution >= 0.6 is 0 Å². The van der Waals surface area contributed by atoms with Crippen LogP contribution in [0.5, 0.6) is 0 Å². The molecule has 0 spiro atoms. The Morgan fingerprint density at radius 2 is 1.72 bits per heavy atom. The van der Waals surface area contributed by atoms with Crippen molar-refractivity contribution in [1.82, 2.24) is 0 Å². The molecule has 0 heterocycles. The number of aliphatic hydroxyl groups is 3. The van der Waals surface area contributed by atoms with E-state index in [1.165, 1.54) is 6.42 Å². The van der Waals surface area contributed by atoms with Crippen molar-refractivity contribution in [3.05, 3.63) is 36.0 Å². The Morgan fingerprint density at radius 3 is 2.36 bits per heavy atom. The maximum atomic E-state index is 9.83. The van der Waals surface area contributed by atoms with Crippen LogP contribution in [0.2, 0.25) is 0 Å². The highest BCUT2D eigenvalue weighted by Crippen LogP contribution is 2.31. The van der Waals surface area contributed by atoms with E-state index in [0.717, 1.165) is 43.3 Å². The summed E-state index contributed by atoms with van der Waals surface area (Å²) >= 11 is 0. The largest absolute Gasteiger partial charge is 0.393 e. The molecule has 0 saturated heterocycles.